The predicted octanol–water partition coefficient (Wildman–Crippen LogP) is 5.27. The highest BCUT2D eigenvalue weighted by molar-refractivity contribution is 5.96. The first-order chi connectivity index (χ1) is 14.4. The second-order valence-electron chi connectivity index (χ2n) is 7.32. The summed E-state index contributed by atoms with van der Waals surface area (Å²) in [5.41, 5.74) is 0.284. The lowest BCUT2D eigenvalue weighted by atomic mass is 10.0. The quantitative estimate of drug-likeness (QED) is 0.576. The van der Waals surface area contributed by atoms with E-state index in [-0.39, 0.29) is 23.1 Å². The van der Waals surface area contributed by atoms with Gasteiger partial charge in [0.05, 0.1) is 0 Å². The molecule has 0 heterocycles. The van der Waals surface area contributed by atoms with Crippen molar-refractivity contribution in [3.63, 3.8) is 0 Å². The van der Waals surface area contributed by atoms with Gasteiger partial charge in [-0.1, -0.05) is 43.9 Å². The van der Waals surface area contributed by atoms with Crippen molar-refractivity contribution in [3.8, 4) is 11.5 Å². The maximum absolute atomic E-state index is 13.7. The summed E-state index contributed by atoms with van der Waals surface area (Å²) in [5, 5.41) is 11.8. The summed E-state index contributed by atoms with van der Waals surface area (Å²) < 4.78 is 32.3. The first-order valence-electron chi connectivity index (χ1n) is 9.89. The number of hydrogen-bond acceptors (Lipinski definition) is 3. The minimum absolute atomic E-state index is 0.226. The van der Waals surface area contributed by atoms with E-state index in [1.807, 2.05) is 0 Å². The zero-order valence-corrected chi connectivity index (χ0v) is 16.4. The number of carbonyl (C=O) groups excluding carboxylic acids is 1. The van der Waals surface area contributed by atoms with E-state index in [4.69, 9.17) is 4.74 Å². The molecule has 5 nitrogen and oxygen atoms in total. The molecule has 0 saturated heterocycles. The molecule has 1 aliphatic carbocycles. The van der Waals surface area contributed by atoms with Gasteiger partial charge in [-0.2, -0.15) is 4.39 Å². The molecular formula is C23H23F2NO4. The fourth-order valence-corrected chi connectivity index (χ4v) is 3.49. The summed E-state index contributed by atoms with van der Waals surface area (Å²) in [6.45, 7) is 0. The molecule has 1 fully saturated rings. The minimum atomic E-state index is -1.24. The average Bonchev–Trinajstić information content (AvgIpc) is 3.24. The molecule has 2 N–H and O–H groups in total. The maximum atomic E-state index is 13.7. The molecule has 0 spiro atoms. The first-order valence-corrected chi connectivity index (χ1v) is 9.89. The maximum Gasteiger partial charge on any atom is 0.352 e. The molecule has 30 heavy (non-hydrogen) atoms. The van der Waals surface area contributed by atoms with E-state index in [1.165, 1.54) is 43.2 Å². The molecule has 2 aromatic rings. The second-order valence-corrected chi connectivity index (χ2v) is 7.32. The number of carbonyl (C=O) groups is 2. The van der Waals surface area contributed by atoms with E-state index in [0.717, 1.165) is 25.3 Å². The number of nitrogens with one attached hydrogen (secondary N) is 1. The molecule has 2 aromatic carbocycles. The van der Waals surface area contributed by atoms with Crippen LogP contribution in [0, 0.1) is 17.6 Å². The fourth-order valence-electron chi connectivity index (χ4n) is 3.49. The van der Waals surface area contributed by atoms with Crippen molar-refractivity contribution in [2.45, 2.75) is 38.5 Å². The summed E-state index contributed by atoms with van der Waals surface area (Å²) in [7, 11) is 0. The lowest BCUT2D eigenvalue weighted by Crippen LogP contribution is -2.27. The number of amides is 1. The van der Waals surface area contributed by atoms with Crippen LogP contribution in [0.15, 0.2) is 48.2 Å². The van der Waals surface area contributed by atoms with Crippen LogP contribution >= 0.6 is 0 Å². The van der Waals surface area contributed by atoms with Crippen molar-refractivity contribution in [2.24, 2.45) is 5.92 Å². The van der Waals surface area contributed by atoms with Crippen LogP contribution in [0.25, 0.3) is 6.08 Å². The van der Waals surface area contributed by atoms with E-state index in [2.05, 4.69) is 5.32 Å². The Kier molecular flexibility index (Phi) is 7.17. The van der Waals surface area contributed by atoms with Gasteiger partial charge in [0.2, 0.25) is 11.7 Å². The van der Waals surface area contributed by atoms with Crippen molar-refractivity contribution in [2.75, 3.05) is 0 Å². The standard InChI is InChI=1S/C23H23F2NO4/c24-18-6-3-7-20(22(18)25)30-17-11-8-16(9-12-17)14-19(23(28)29)26-21(27)13-10-15-4-1-2-5-15/h3,6-9,11-12,14-15H,1-2,4-5,10,13H2,(H,26,27)(H,28,29)/b19-14+. The number of halogens is 2. The third kappa shape index (κ3) is 5.89. The van der Waals surface area contributed by atoms with E-state index in [1.54, 1.807) is 12.1 Å². The molecule has 0 bridgehead atoms. The average molecular weight is 415 g/mol. The molecule has 0 unspecified atom stereocenters. The van der Waals surface area contributed by atoms with Gasteiger partial charge in [0, 0.05) is 6.42 Å². The van der Waals surface area contributed by atoms with Crippen LogP contribution in [0.4, 0.5) is 8.78 Å². The number of carboxylic acids is 1. The van der Waals surface area contributed by atoms with E-state index in [0.29, 0.717) is 17.9 Å². The Morgan fingerprint density at radius 1 is 1.10 bits per heavy atom. The Labute approximate surface area is 173 Å². The van der Waals surface area contributed by atoms with Gasteiger partial charge in [0.25, 0.3) is 0 Å². The molecule has 0 aromatic heterocycles. The highest BCUT2D eigenvalue weighted by Crippen LogP contribution is 2.28. The highest BCUT2D eigenvalue weighted by atomic mass is 19.2. The van der Waals surface area contributed by atoms with Gasteiger partial charge in [-0.25, -0.2) is 9.18 Å². The van der Waals surface area contributed by atoms with E-state index in [9.17, 15) is 23.5 Å². The molecule has 0 aliphatic heterocycles. The van der Waals surface area contributed by atoms with Crippen molar-refractivity contribution in [3.05, 3.63) is 65.4 Å². The zero-order chi connectivity index (χ0) is 21.5. The SMILES string of the molecule is O=C(CCC1CCCC1)N/C(=C/c1ccc(Oc2cccc(F)c2F)cc1)C(=O)O. The third-order valence-corrected chi connectivity index (χ3v) is 5.09. The van der Waals surface area contributed by atoms with Gasteiger partial charge in [-0.3, -0.25) is 4.79 Å². The van der Waals surface area contributed by atoms with Crippen LogP contribution < -0.4 is 10.1 Å². The van der Waals surface area contributed by atoms with Gasteiger partial charge in [0.15, 0.2) is 11.6 Å². The first kappa shape index (κ1) is 21.5. The lowest BCUT2D eigenvalue weighted by Gasteiger charge is -2.10. The molecule has 0 atom stereocenters. The summed E-state index contributed by atoms with van der Waals surface area (Å²) >= 11 is 0. The Morgan fingerprint density at radius 3 is 2.47 bits per heavy atom. The molecule has 3 rings (SSSR count). The van der Waals surface area contributed by atoms with Crippen molar-refractivity contribution in [1.29, 1.82) is 0 Å². The van der Waals surface area contributed by atoms with Gasteiger partial charge in [0.1, 0.15) is 11.4 Å². The molecule has 158 valence electrons. The van der Waals surface area contributed by atoms with Crippen LogP contribution in [-0.2, 0) is 9.59 Å². The van der Waals surface area contributed by atoms with Gasteiger partial charge in [-0.05, 0) is 48.2 Å². The number of benzene rings is 2. The van der Waals surface area contributed by atoms with Gasteiger partial charge < -0.3 is 15.2 Å². The molecule has 1 saturated carbocycles. The molecule has 1 aliphatic rings. The number of aliphatic carboxylic acids is 1. The minimum Gasteiger partial charge on any atom is -0.477 e. The van der Waals surface area contributed by atoms with Crippen molar-refractivity contribution >= 4 is 18.0 Å². The summed E-state index contributed by atoms with van der Waals surface area (Å²) in [6.07, 6.45) is 7.03. The lowest BCUT2D eigenvalue weighted by molar-refractivity contribution is -0.134. The van der Waals surface area contributed by atoms with Crippen LogP contribution in [0.3, 0.4) is 0 Å². The second kappa shape index (κ2) is 10.0. The number of rotatable bonds is 8. The zero-order valence-electron chi connectivity index (χ0n) is 16.4. The summed E-state index contributed by atoms with van der Waals surface area (Å²) in [6, 6.07) is 9.73. The normalized spacial score (nSPS) is 14.5. The van der Waals surface area contributed by atoms with Crippen LogP contribution in [0.2, 0.25) is 0 Å². The Morgan fingerprint density at radius 2 is 1.80 bits per heavy atom. The molecule has 7 heteroatoms. The van der Waals surface area contributed by atoms with Gasteiger partial charge in [-0.15, -0.1) is 0 Å². The summed E-state index contributed by atoms with van der Waals surface area (Å²) in [4.78, 5) is 23.6. The Balaban J connectivity index is 1.63. The predicted molar refractivity (Wildman–Crippen MR) is 108 cm³/mol. The topological polar surface area (TPSA) is 75.6 Å². The number of hydrogen-bond donors (Lipinski definition) is 2. The largest absolute Gasteiger partial charge is 0.477 e. The molecule has 0 radical (unpaired) electrons. The van der Waals surface area contributed by atoms with Crippen molar-refractivity contribution in [1.82, 2.24) is 5.32 Å². The molecule has 1 amide bonds. The number of ether oxygens (including phenoxy) is 1. The van der Waals surface area contributed by atoms with Crippen LogP contribution in [0.5, 0.6) is 11.5 Å². The van der Waals surface area contributed by atoms with E-state index >= 15 is 0 Å². The molecular weight excluding hydrogens is 392 g/mol. The number of carboxylic acid groups (broad SMARTS) is 1. The Bertz CT molecular complexity index is 935. The third-order valence-electron chi connectivity index (χ3n) is 5.09. The monoisotopic (exact) mass is 415 g/mol. The smallest absolute Gasteiger partial charge is 0.352 e. The Hall–Kier alpha value is -3.22. The van der Waals surface area contributed by atoms with Crippen LogP contribution in [-0.4, -0.2) is 17.0 Å². The fraction of sp³-hybridized carbons (Fsp3) is 0.304. The van der Waals surface area contributed by atoms with E-state index < -0.39 is 17.6 Å². The van der Waals surface area contributed by atoms with Gasteiger partial charge >= 0.3 is 5.97 Å². The van der Waals surface area contributed by atoms with Crippen LogP contribution in [0.1, 0.15) is 44.1 Å². The summed E-state index contributed by atoms with van der Waals surface area (Å²) in [5.74, 6) is -3.11. The van der Waals surface area contributed by atoms with Crippen molar-refractivity contribution < 1.29 is 28.2 Å². The highest BCUT2D eigenvalue weighted by Gasteiger charge is 2.18.